The highest BCUT2D eigenvalue weighted by Crippen LogP contribution is 2.31. The van der Waals surface area contributed by atoms with E-state index in [1.54, 1.807) is 18.2 Å². The quantitative estimate of drug-likeness (QED) is 0.469. The van der Waals surface area contributed by atoms with E-state index in [9.17, 15) is 13.2 Å². The third-order valence-electron chi connectivity index (χ3n) is 3.91. The lowest BCUT2D eigenvalue weighted by Gasteiger charge is -2.11. The fourth-order valence-corrected chi connectivity index (χ4v) is 2.77. The summed E-state index contributed by atoms with van der Waals surface area (Å²) in [5, 5.41) is 8.27. The number of aryl methyl sites for hydroxylation is 1. The molecule has 0 bridgehead atoms. The first kappa shape index (κ1) is 19.8. The van der Waals surface area contributed by atoms with Gasteiger partial charge in [0.2, 0.25) is 5.88 Å². The van der Waals surface area contributed by atoms with E-state index in [0.29, 0.717) is 33.8 Å². The van der Waals surface area contributed by atoms with E-state index in [2.05, 4.69) is 10.3 Å². The number of nitrogens with zero attached hydrogens (tertiary/aromatic N) is 3. The third-order valence-corrected chi connectivity index (χ3v) is 4.46. The predicted octanol–water partition coefficient (Wildman–Crippen LogP) is 4.96. The van der Waals surface area contributed by atoms with E-state index in [0.717, 1.165) is 23.6 Å². The van der Waals surface area contributed by atoms with E-state index < -0.39 is 11.9 Å². The van der Waals surface area contributed by atoms with Crippen LogP contribution >= 0.6 is 23.2 Å². The molecular formula is C17H16Cl2F3N3O2. The molecule has 0 atom stereocenters. The SMILES string of the molecule is Cn1nc(C(F)(F)F)cc1OC/C(=N\OCC1CC1)c1ccc(Cl)cc1Cl. The molecule has 1 aliphatic carbocycles. The predicted molar refractivity (Wildman–Crippen MR) is 95.4 cm³/mol. The Morgan fingerprint density at radius 3 is 2.63 bits per heavy atom. The first-order chi connectivity index (χ1) is 12.7. The summed E-state index contributed by atoms with van der Waals surface area (Å²) < 4.78 is 44.8. The lowest BCUT2D eigenvalue weighted by molar-refractivity contribution is -0.141. The highest BCUT2D eigenvalue weighted by atomic mass is 35.5. The summed E-state index contributed by atoms with van der Waals surface area (Å²) in [7, 11) is 1.36. The summed E-state index contributed by atoms with van der Waals surface area (Å²) in [6, 6.07) is 5.65. The first-order valence-electron chi connectivity index (χ1n) is 8.12. The molecule has 0 aliphatic heterocycles. The Bertz CT molecular complexity index is 848. The highest BCUT2D eigenvalue weighted by molar-refractivity contribution is 6.37. The van der Waals surface area contributed by atoms with Crippen LogP contribution in [-0.2, 0) is 18.1 Å². The Kier molecular flexibility index (Phi) is 5.86. The van der Waals surface area contributed by atoms with Crippen LogP contribution in [0.1, 0.15) is 24.1 Å². The molecule has 0 saturated heterocycles. The van der Waals surface area contributed by atoms with E-state index in [-0.39, 0.29) is 12.5 Å². The number of oxime groups is 1. The number of aromatic nitrogens is 2. The smallest absolute Gasteiger partial charge is 0.435 e. The van der Waals surface area contributed by atoms with Crippen LogP contribution in [-0.4, -0.2) is 28.7 Å². The van der Waals surface area contributed by atoms with Gasteiger partial charge < -0.3 is 9.57 Å². The summed E-state index contributed by atoms with van der Waals surface area (Å²) in [4.78, 5) is 5.35. The Morgan fingerprint density at radius 1 is 1.30 bits per heavy atom. The van der Waals surface area contributed by atoms with Crippen LogP contribution in [0, 0.1) is 5.92 Å². The van der Waals surface area contributed by atoms with Crippen LogP contribution in [0.25, 0.3) is 0 Å². The molecule has 0 spiro atoms. The number of rotatable bonds is 7. The van der Waals surface area contributed by atoms with Crippen molar-refractivity contribution in [1.82, 2.24) is 9.78 Å². The maximum absolute atomic E-state index is 12.8. The van der Waals surface area contributed by atoms with E-state index in [1.165, 1.54) is 7.05 Å². The van der Waals surface area contributed by atoms with Gasteiger partial charge >= 0.3 is 6.18 Å². The van der Waals surface area contributed by atoms with Gasteiger partial charge in [-0.15, -0.1) is 0 Å². The Morgan fingerprint density at radius 2 is 2.04 bits per heavy atom. The van der Waals surface area contributed by atoms with Gasteiger partial charge in [-0.05, 0) is 37.0 Å². The molecule has 0 unspecified atom stereocenters. The first-order valence-corrected chi connectivity index (χ1v) is 8.88. The lowest BCUT2D eigenvalue weighted by atomic mass is 10.1. The van der Waals surface area contributed by atoms with Gasteiger partial charge in [0, 0.05) is 23.7 Å². The Balaban J connectivity index is 1.78. The average molecular weight is 422 g/mol. The monoisotopic (exact) mass is 421 g/mol. The second kappa shape index (κ2) is 7.98. The zero-order valence-electron chi connectivity index (χ0n) is 14.3. The van der Waals surface area contributed by atoms with Crippen molar-refractivity contribution in [2.45, 2.75) is 19.0 Å². The minimum Gasteiger partial charge on any atom is -0.471 e. The van der Waals surface area contributed by atoms with Crippen molar-refractivity contribution in [1.29, 1.82) is 0 Å². The molecule has 2 aromatic rings. The number of alkyl halides is 3. The summed E-state index contributed by atoms with van der Waals surface area (Å²) >= 11 is 12.1. The van der Waals surface area contributed by atoms with Gasteiger partial charge in [-0.2, -0.15) is 18.3 Å². The van der Waals surface area contributed by atoms with Gasteiger partial charge in [0.25, 0.3) is 0 Å². The summed E-state index contributed by atoms with van der Waals surface area (Å²) in [6.45, 7) is 0.321. The molecule has 146 valence electrons. The molecule has 1 saturated carbocycles. The fraction of sp³-hybridized carbons (Fsp3) is 0.412. The van der Waals surface area contributed by atoms with Crippen molar-refractivity contribution in [3.05, 3.63) is 45.6 Å². The van der Waals surface area contributed by atoms with Crippen molar-refractivity contribution in [3.8, 4) is 5.88 Å². The van der Waals surface area contributed by atoms with E-state index in [4.69, 9.17) is 32.8 Å². The Labute approximate surface area is 163 Å². The summed E-state index contributed by atoms with van der Waals surface area (Å²) in [5.74, 6) is 0.435. The molecule has 0 radical (unpaired) electrons. The standard InChI is InChI=1S/C17H16Cl2F3N3O2/c1-25-16(7-15(23-25)17(20,21)22)26-9-14(24-27-8-10-2-3-10)12-5-4-11(18)6-13(12)19/h4-7,10H,2-3,8-9H2,1H3/b24-14+. The van der Waals surface area contributed by atoms with Gasteiger partial charge in [0.1, 0.15) is 18.9 Å². The molecule has 1 fully saturated rings. The second-order valence-corrected chi connectivity index (χ2v) is 7.02. The molecule has 5 nitrogen and oxygen atoms in total. The minimum atomic E-state index is -4.55. The van der Waals surface area contributed by atoms with E-state index in [1.807, 2.05) is 0 Å². The molecule has 27 heavy (non-hydrogen) atoms. The van der Waals surface area contributed by atoms with Gasteiger partial charge in [0.15, 0.2) is 5.69 Å². The van der Waals surface area contributed by atoms with Crippen molar-refractivity contribution in [2.75, 3.05) is 13.2 Å². The molecule has 1 aromatic heterocycles. The lowest BCUT2D eigenvalue weighted by Crippen LogP contribution is -2.16. The molecule has 0 amide bonds. The minimum absolute atomic E-state index is 0.0534. The Hall–Kier alpha value is -1.93. The third kappa shape index (κ3) is 5.29. The maximum atomic E-state index is 12.8. The molecule has 1 aromatic carbocycles. The second-order valence-electron chi connectivity index (χ2n) is 6.18. The normalized spacial score (nSPS) is 15.1. The summed E-state index contributed by atoms with van der Waals surface area (Å²) in [6.07, 6.45) is -2.36. The number of halogens is 5. The van der Waals surface area contributed by atoms with Gasteiger partial charge in [-0.3, -0.25) is 0 Å². The summed E-state index contributed by atoms with van der Waals surface area (Å²) in [5.41, 5.74) is -0.171. The van der Waals surface area contributed by atoms with Crippen molar-refractivity contribution >= 4 is 28.9 Å². The fourth-order valence-electron chi connectivity index (χ4n) is 2.25. The molecule has 1 heterocycles. The van der Waals surface area contributed by atoms with Crippen LogP contribution in [0.5, 0.6) is 5.88 Å². The largest absolute Gasteiger partial charge is 0.471 e. The molecule has 10 heteroatoms. The maximum Gasteiger partial charge on any atom is 0.435 e. The van der Waals surface area contributed by atoms with Crippen LogP contribution in [0.2, 0.25) is 10.0 Å². The van der Waals surface area contributed by atoms with Gasteiger partial charge in [-0.25, -0.2) is 4.68 Å². The van der Waals surface area contributed by atoms with Crippen LogP contribution < -0.4 is 4.74 Å². The van der Waals surface area contributed by atoms with Crippen molar-refractivity contribution < 1.29 is 22.7 Å². The molecular weight excluding hydrogens is 406 g/mol. The van der Waals surface area contributed by atoms with Crippen LogP contribution in [0.4, 0.5) is 13.2 Å². The van der Waals surface area contributed by atoms with Crippen molar-refractivity contribution in [3.63, 3.8) is 0 Å². The van der Waals surface area contributed by atoms with Crippen molar-refractivity contribution in [2.24, 2.45) is 18.1 Å². The number of hydrogen-bond donors (Lipinski definition) is 0. The van der Waals surface area contributed by atoms with Gasteiger partial charge in [0.05, 0.1) is 5.02 Å². The van der Waals surface area contributed by atoms with Crippen LogP contribution in [0.3, 0.4) is 0 Å². The zero-order valence-corrected chi connectivity index (χ0v) is 15.8. The topological polar surface area (TPSA) is 48.6 Å². The number of ether oxygens (including phenoxy) is 1. The molecule has 3 rings (SSSR count). The van der Waals surface area contributed by atoms with E-state index >= 15 is 0 Å². The zero-order chi connectivity index (χ0) is 19.6. The number of benzene rings is 1. The van der Waals surface area contributed by atoms with Crippen LogP contribution in [0.15, 0.2) is 29.4 Å². The van der Waals surface area contributed by atoms with Gasteiger partial charge in [-0.1, -0.05) is 28.4 Å². The molecule has 1 aliphatic rings. The highest BCUT2D eigenvalue weighted by Gasteiger charge is 2.35. The average Bonchev–Trinajstić information content (AvgIpc) is 3.32. The number of hydrogen-bond acceptors (Lipinski definition) is 4. The molecule has 0 N–H and O–H groups in total.